The minimum Gasteiger partial charge on any atom is -0.333 e. The fourth-order valence-electron chi connectivity index (χ4n) is 2.36. The molecule has 1 aliphatic heterocycles. The average Bonchev–Trinajstić information content (AvgIpc) is 2.37. The van der Waals surface area contributed by atoms with E-state index in [2.05, 4.69) is 5.32 Å². The Morgan fingerprint density at radius 2 is 2.10 bits per heavy atom. The summed E-state index contributed by atoms with van der Waals surface area (Å²) in [7, 11) is -3.30. The molecule has 110 valence electrons. The monoisotopic (exact) mass is 296 g/mol. The molecule has 1 atom stereocenters. The summed E-state index contributed by atoms with van der Waals surface area (Å²) < 4.78 is 23.2. The van der Waals surface area contributed by atoms with Gasteiger partial charge < -0.3 is 10.2 Å². The van der Waals surface area contributed by atoms with E-state index in [0.717, 1.165) is 24.9 Å². The molecule has 0 spiro atoms. The Morgan fingerprint density at radius 1 is 1.40 bits per heavy atom. The summed E-state index contributed by atoms with van der Waals surface area (Å²) in [5, 5.41) is 3.23. The van der Waals surface area contributed by atoms with Gasteiger partial charge in [0.05, 0.1) is 4.90 Å². The van der Waals surface area contributed by atoms with E-state index in [1.165, 1.54) is 6.07 Å². The highest BCUT2D eigenvalue weighted by molar-refractivity contribution is 7.90. The van der Waals surface area contributed by atoms with Crippen LogP contribution in [0.25, 0.3) is 0 Å². The zero-order valence-corrected chi connectivity index (χ0v) is 12.8. The van der Waals surface area contributed by atoms with Gasteiger partial charge in [0.1, 0.15) is 0 Å². The predicted octanol–water partition coefficient (Wildman–Crippen LogP) is 0.832. The molecule has 0 saturated carbocycles. The number of hydrogen-bond acceptors (Lipinski definition) is 4. The lowest BCUT2D eigenvalue weighted by molar-refractivity contribution is 0.0655. The van der Waals surface area contributed by atoms with E-state index in [-0.39, 0.29) is 16.8 Å². The molecule has 1 fully saturated rings. The highest BCUT2D eigenvalue weighted by Crippen LogP contribution is 2.19. The lowest BCUT2D eigenvalue weighted by Gasteiger charge is -2.34. The minimum atomic E-state index is -3.30. The first-order valence-corrected chi connectivity index (χ1v) is 8.52. The van der Waals surface area contributed by atoms with Gasteiger partial charge in [-0.3, -0.25) is 4.79 Å². The first-order chi connectivity index (χ1) is 9.30. The molecule has 0 unspecified atom stereocenters. The van der Waals surface area contributed by atoms with Crippen molar-refractivity contribution in [1.82, 2.24) is 10.2 Å². The van der Waals surface area contributed by atoms with Crippen molar-refractivity contribution in [2.75, 3.05) is 25.9 Å². The Hall–Kier alpha value is -1.40. The number of sulfone groups is 1. The fraction of sp³-hybridized carbons (Fsp3) is 0.500. The highest BCUT2D eigenvalue weighted by Gasteiger charge is 2.25. The smallest absolute Gasteiger partial charge is 0.254 e. The molecule has 1 aromatic carbocycles. The van der Waals surface area contributed by atoms with Gasteiger partial charge in [-0.2, -0.15) is 0 Å². The lowest BCUT2D eigenvalue weighted by Crippen LogP contribution is -2.52. The van der Waals surface area contributed by atoms with Crippen LogP contribution in [0.1, 0.15) is 22.8 Å². The third-order valence-electron chi connectivity index (χ3n) is 3.63. The van der Waals surface area contributed by atoms with Gasteiger partial charge in [-0.05, 0) is 31.5 Å². The number of carbonyl (C=O) groups excluding carboxylic acids is 1. The van der Waals surface area contributed by atoms with Crippen molar-refractivity contribution in [2.45, 2.75) is 24.8 Å². The van der Waals surface area contributed by atoms with E-state index in [1.54, 1.807) is 17.0 Å². The van der Waals surface area contributed by atoms with Crippen molar-refractivity contribution in [3.05, 3.63) is 29.3 Å². The van der Waals surface area contributed by atoms with Gasteiger partial charge in [0.15, 0.2) is 9.84 Å². The number of carbonyl (C=O) groups is 1. The Morgan fingerprint density at radius 3 is 2.70 bits per heavy atom. The molecule has 1 heterocycles. The molecule has 20 heavy (non-hydrogen) atoms. The second-order valence-corrected chi connectivity index (χ2v) is 7.32. The zero-order chi connectivity index (χ0) is 14.9. The van der Waals surface area contributed by atoms with Crippen LogP contribution in [-0.4, -0.2) is 51.2 Å². The first-order valence-electron chi connectivity index (χ1n) is 6.63. The SMILES string of the molecule is Cc1ccc(S(C)(=O)=O)cc1C(=O)N1CCNC[C@H]1C. The summed E-state index contributed by atoms with van der Waals surface area (Å²) in [4.78, 5) is 14.6. The van der Waals surface area contributed by atoms with Crippen LogP contribution in [-0.2, 0) is 9.84 Å². The van der Waals surface area contributed by atoms with Gasteiger partial charge in [-0.15, -0.1) is 0 Å². The summed E-state index contributed by atoms with van der Waals surface area (Å²) in [6, 6.07) is 4.83. The van der Waals surface area contributed by atoms with Crippen molar-refractivity contribution >= 4 is 15.7 Å². The number of amides is 1. The van der Waals surface area contributed by atoms with Crippen molar-refractivity contribution in [1.29, 1.82) is 0 Å². The standard InChI is InChI=1S/C14H20N2O3S/c1-10-4-5-12(20(3,18)19)8-13(10)14(17)16-7-6-15-9-11(16)2/h4-5,8,11,15H,6-7,9H2,1-3H3/t11-/m1/s1. The van der Waals surface area contributed by atoms with Crippen molar-refractivity contribution in [3.63, 3.8) is 0 Å². The van der Waals surface area contributed by atoms with Crippen LogP contribution in [0, 0.1) is 6.92 Å². The van der Waals surface area contributed by atoms with E-state index in [9.17, 15) is 13.2 Å². The molecule has 1 N–H and O–H groups in total. The lowest BCUT2D eigenvalue weighted by atomic mass is 10.1. The number of hydrogen-bond donors (Lipinski definition) is 1. The van der Waals surface area contributed by atoms with Crippen LogP contribution < -0.4 is 5.32 Å². The average molecular weight is 296 g/mol. The fourth-order valence-corrected chi connectivity index (χ4v) is 3.01. The Labute approximate surface area is 119 Å². The maximum absolute atomic E-state index is 12.6. The Balaban J connectivity index is 2.38. The number of rotatable bonds is 2. The number of piperazine rings is 1. The van der Waals surface area contributed by atoms with Gasteiger partial charge >= 0.3 is 0 Å². The number of nitrogens with zero attached hydrogens (tertiary/aromatic N) is 1. The Bertz CT molecular complexity index is 625. The minimum absolute atomic E-state index is 0.0954. The third kappa shape index (κ3) is 3.02. The van der Waals surface area contributed by atoms with E-state index >= 15 is 0 Å². The maximum atomic E-state index is 12.6. The summed E-state index contributed by atoms with van der Waals surface area (Å²) >= 11 is 0. The highest BCUT2D eigenvalue weighted by atomic mass is 32.2. The molecule has 1 aromatic rings. The first kappa shape index (κ1) is 15.0. The molecule has 2 rings (SSSR count). The molecular weight excluding hydrogens is 276 g/mol. The Kier molecular flexibility index (Phi) is 4.15. The van der Waals surface area contributed by atoms with Gasteiger partial charge in [0.2, 0.25) is 0 Å². The van der Waals surface area contributed by atoms with Gasteiger partial charge in [0, 0.05) is 37.5 Å². The van der Waals surface area contributed by atoms with E-state index < -0.39 is 9.84 Å². The molecule has 0 aliphatic carbocycles. The van der Waals surface area contributed by atoms with Crippen LogP contribution >= 0.6 is 0 Å². The number of benzene rings is 1. The van der Waals surface area contributed by atoms with Gasteiger partial charge in [0.25, 0.3) is 5.91 Å². The molecule has 5 nitrogen and oxygen atoms in total. The van der Waals surface area contributed by atoms with Crippen LogP contribution in [0.2, 0.25) is 0 Å². The molecule has 1 aliphatic rings. The van der Waals surface area contributed by atoms with Crippen LogP contribution in [0.5, 0.6) is 0 Å². The number of aryl methyl sites for hydroxylation is 1. The molecular formula is C14H20N2O3S. The molecule has 0 aromatic heterocycles. The molecule has 1 amide bonds. The summed E-state index contributed by atoms with van der Waals surface area (Å²) in [5.41, 5.74) is 1.27. The maximum Gasteiger partial charge on any atom is 0.254 e. The van der Waals surface area contributed by atoms with E-state index in [0.29, 0.717) is 12.1 Å². The van der Waals surface area contributed by atoms with E-state index in [4.69, 9.17) is 0 Å². The molecule has 0 radical (unpaired) electrons. The second kappa shape index (κ2) is 5.54. The van der Waals surface area contributed by atoms with Crippen LogP contribution in [0.4, 0.5) is 0 Å². The second-order valence-electron chi connectivity index (χ2n) is 5.30. The van der Waals surface area contributed by atoms with Crippen LogP contribution in [0.3, 0.4) is 0 Å². The zero-order valence-electron chi connectivity index (χ0n) is 12.0. The molecule has 6 heteroatoms. The predicted molar refractivity (Wildman–Crippen MR) is 77.7 cm³/mol. The largest absolute Gasteiger partial charge is 0.333 e. The summed E-state index contributed by atoms with van der Waals surface area (Å²) in [6.07, 6.45) is 1.15. The van der Waals surface area contributed by atoms with Gasteiger partial charge in [-0.25, -0.2) is 8.42 Å². The topological polar surface area (TPSA) is 66.5 Å². The third-order valence-corrected chi connectivity index (χ3v) is 4.74. The quantitative estimate of drug-likeness (QED) is 0.878. The van der Waals surface area contributed by atoms with Crippen LogP contribution in [0.15, 0.2) is 23.1 Å². The normalized spacial score (nSPS) is 19.9. The van der Waals surface area contributed by atoms with Crippen molar-refractivity contribution in [3.8, 4) is 0 Å². The number of nitrogens with one attached hydrogen (secondary N) is 1. The van der Waals surface area contributed by atoms with Gasteiger partial charge in [-0.1, -0.05) is 6.07 Å². The summed E-state index contributed by atoms with van der Waals surface area (Å²) in [5.74, 6) is -0.0954. The molecule has 0 bridgehead atoms. The molecule has 1 saturated heterocycles. The summed E-state index contributed by atoms with van der Waals surface area (Å²) in [6.45, 7) is 5.98. The van der Waals surface area contributed by atoms with Crippen molar-refractivity contribution in [2.24, 2.45) is 0 Å². The van der Waals surface area contributed by atoms with E-state index in [1.807, 2.05) is 13.8 Å². The van der Waals surface area contributed by atoms with Crippen molar-refractivity contribution < 1.29 is 13.2 Å².